The number of carbonyl (C=O) groups is 3. The number of aromatic hydroxyl groups is 1. The zero-order valence-corrected chi connectivity index (χ0v) is 80.8. The number of rotatable bonds is 15. The Bertz CT molecular complexity index is 7030. The highest BCUT2D eigenvalue weighted by Gasteiger charge is 2.41. The Morgan fingerprint density at radius 1 is 0.413 bits per heavy atom. The molecule has 714 valence electrons. The highest BCUT2D eigenvalue weighted by Crippen LogP contribution is 2.46. The van der Waals surface area contributed by atoms with E-state index < -0.39 is 46.2 Å². The second kappa shape index (κ2) is 37.5. The van der Waals surface area contributed by atoms with Crippen LogP contribution in [-0.2, 0) is 35.5 Å². The third-order valence-corrected chi connectivity index (χ3v) is 26.6. The van der Waals surface area contributed by atoms with Crippen molar-refractivity contribution in [2.24, 2.45) is 21.1 Å². The molecule has 3 saturated heterocycles. The SMILES string of the molecule is C=CC(=O)N1C[C@H](C)N(c2nc(=O)n(-c3c(C)nc4c(ncn4C)c3C(C)C)c3nc(-c4c(O)cccc4F)c(Cl)cc23)C[C@H]1C.C=CC(=O)N1C[C@H](C)N(c2nc(=O)n(-c3c(F)cc4c(ncn4C)c3C(C)C)c3nc(-c4c(N)cccc4F)c(Cl)cc23)C[C@H]1C.C=CC(=O)N1C[C@H](C)N(c2nc(=O)n(-c3c(F)cc4c(ncn4C)c3C(C)C)c3nc(-c4c(N)cccc4F)c(Cl)cc23)C[C@H]1C. The van der Waals surface area contributed by atoms with Gasteiger partial charge in [0.2, 0.25) is 17.7 Å². The summed E-state index contributed by atoms with van der Waals surface area (Å²) in [5.41, 5.74) is 16.3. The first-order chi connectivity index (χ1) is 65.5. The topological polar surface area (TPSA) is 353 Å². The minimum absolute atomic E-state index is 0.0108. The molecular formula is C99H100Cl3F5N24O7. The lowest BCUT2D eigenvalue weighted by atomic mass is 9.98. The number of fused-ring (bicyclic) bond motifs is 6. The van der Waals surface area contributed by atoms with E-state index >= 15 is 22.0 Å². The monoisotopic (exact) mass is 1940 g/mol. The van der Waals surface area contributed by atoms with Gasteiger partial charge in [0.05, 0.1) is 129 Å². The fraction of sp³-hybridized carbons (Fsp3) is 0.313. The lowest BCUT2D eigenvalue weighted by Gasteiger charge is -2.44. The number of anilines is 5. The highest BCUT2D eigenvalue weighted by atomic mass is 35.5. The fourth-order valence-electron chi connectivity index (χ4n) is 19.1. The van der Waals surface area contributed by atoms with Crippen LogP contribution in [0.15, 0.2) is 156 Å². The third kappa shape index (κ3) is 16.7. The van der Waals surface area contributed by atoms with Crippen LogP contribution >= 0.6 is 34.8 Å². The van der Waals surface area contributed by atoms with E-state index in [4.69, 9.17) is 66.2 Å². The van der Waals surface area contributed by atoms with Crippen LogP contribution in [0.1, 0.15) is 123 Å². The standard InChI is InChI=1S/2C33H33ClF2N8O2.C33H34ClFN8O3/c2*1-7-25(45)42-13-18(5)43(14-17(42)4)31-19-11-20(34)28(27-21(35)9-8-10-23(27)37)39-32(19)44(33(46)40-31)30-22(36)12-24-29(26(30)16(2)3)38-15-41(24)6;1-8-24(45)41-13-18(5)42(14-17(41)4)30-20-12-21(34)27(26-22(35)10-9-11-23(26)44)38-31(20)43(33(46)39-30)29-19(6)37-32-28(25(29)16(2)3)36-15-40(32)7/h2*7-12,15-18H,1,13-14,37H2,2-6H3;8-12,15-18,44H,1,13-14H2,2-7H3/t3*17-,18+/m111/s1. The Hall–Kier alpha value is -14.5. The lowest BCUT2D eigenvalue weighted by molar-refractivity contribution is -0.129. The molecule has 0 spiro atoms. The molecule has 0 aliphatic carbocycles. The maximum Gasteiger partial charge on any atom is 0.355 e. The molecule has 5 aromatic carbocycles. The van der Waals surface area contributed by atoms with Crippen molar-refractivity contribution in [2.75, 3.05) is 65.4 Å². The van der Waals surface area contributed by atoms with Crippen molar-refractivity contribution >= 4 is 148 Å². The Labute approximate surface area is 803 Å². The Balaban J connectivity index is 0.000000150. The lowest BCUT2D eigenvalue weighted by Crippen LogP contribution is -2.58. The summed E-state index contributed by atoms with van der Waals surface area (Å²) in [5, 5.41) is 12.0. The van der Waals surface area contributed by atoms with Crippen molar-refractivity contribution in [3.05, 3.63) is 240 Å². The molecule has 0 bridgehead atoms. The molecule has 3 aliphatic heterocycles. The number of imidazole rings is 3. The number of halogens is 8. The number of hydrogen-bond acceptors (Lipinski definition) is 22. The minimum Gasteiger partial charge on any atom is -0.507 e. The van der Waals surface area contributed by atoms with Crippen LogP contribution in [0, 0.1) is 36.0 Å². The normalized spacial score (nSPS) is 17.0. The molecule has 18 rings (SSSR count). The van der Waals surface area contributed by atoms with Gasteiger partial charge in [0.25, 0.3) is 0 Å². The second-order valence-electron chi connectivity index (χ2n) is 36.0. The molecular weight excluding hydrogens is 1840 g/mol. The van der Waals surface area contributed by atoms with E-state index in [1.807, 2.05) is 109 Å². The molecule has 5 N–H and O–H groups in total. The summed E-state index contributed by atoms with van der Waals surface area (Å²) in [4.78, 5) is 138. The number of piperazine rings is 3. The van der Waals surface area contributed by atoms with Gasteiger partial charge >= 0.3 is 17.1 Å². The maximum atomic E-state index is 16.3. The van der Waals surface area contributed by atoms with Gasteiger partial charge < -0.3 is 59.7 Å². The second-order valence-corrected chi connectivity index (χ2v) is 37.3. The molecule has 10 aromatic heterocycles. The van der Waals surface area contributed by atoms with E-state index in [-0.39, 0.29) is 178 Å². The van der Waals surface area contributed by atoms with E-state index in [2.05, 4.69) is 49.6 Å². The molecule has 31 nitrogen and oxygen atoms in total. The number of phenols is 1. The maximum absolute atomic E-state index is 16.3. The molecule has 3 fully saturated rings. The predicted molar refractivity (Wildman–Crippen MR) is 529 cm³/mol. The third-order valence-electron chi connectivity index (χ3n) is 25.7. The number of aryl methyl sites for hydroxylation is 4. The molecule has 6 atom stereocenters. The molecule has 13 heterocycles. The van der Waals surface area contributed by atoms with Crippen LogP contribution < -0.4 is 43.2 Å². The summed E-state index contributed by atoms with van der Waals surface area (Å²) in [6.07, 6.45) is 8.67. The van der Waals surface area contributed by atoms with E-state index in [9.17, 15) is 33.9 Å². The van der Waals surface area contributed by atoms with Gasteiger partial charge in [-0.15, -0.1) is 0 Å². The average molecular weight is 1940 g/mol. The van der Waals surface area contributed by atoms with Crippen LogP contribution in [0.4, 0.5) is 50.8 Å². The van der Waals surface area contributed by atoms with Crippen molar-refractivity contribution in [1.82, 2.24) is 91.9 Å². The number of phenolic OH excluding ortho intramolecular Hbond substituents is 1. The summed E-state index contributed by atoms with van der Waals surface area (Å²) < 4.78 is 87.2. The summed E-state index contributed by atoms with van der Waals surface area (Å²) in [6.45, 7) is 37.7. The number of benzene rings is 5. The minimum atomic E-state index is -0.801. The number of amides is 3. The number of nitrogens with two attached hydrogens (primary N) is 2. The first kappa shape index (κ1) is 96.6. The summed E-state index contributed by atoms with van der Waals surface area (Å²) >= 11 is 20.4. The quantitative estimate of drug-likeness (QED) is 0.0487. The molecule has 0 unspecified atom stereocenters. The zero-order chi connectivity index (χ0) is 99.6. The van der Waals surface area contributed by atoms with Crippen LogP contribution in [0.2, 0.25) is 15.1 Å². The summed E-state index contributed by atoms with van der Waals surface area (Å²) in [7, 11) is 5.37. The van der Waals surface area contributed by atoms with Gasteiger partial charge in [-0.25, -0.2) is 84.9 Å². The van der Waals surface area contributed by atoms with Crippen LogP contribution in [0.25, 0.3) is 117 Å². The summed E-state index contributed by atoms with van der Waals surface area (Å²) in [5.74, 6) is -4.12. The molecule has 0 saturated carbocycles. The van der Waals surface area contributed by atoms with Gasteiger partial charge in [0, 0.05) is 137 Å². The van der Waals surface area contributed by atoms with E-state index in [1.165, 1.54) is 89.5 Å². The van der Waals surface area contributed by atoms with Crippen molar-refractivity contribution in [1.29, 1.82) is 0 Å². The van der Waals surface area contributed by atoms with Gasteiger partial charge in [-0.3, -0.25) is 14.4 Å². The number of nitrogen functional groups attached to an aromatic ring is 2. The van der Waals surface area contributed by atoms with Crippen LogP contribution in [0.5, 0.6) is 5.75 Å². The zero-order valence-electron chi connectivity index (χ0n) is 78.5. The predicted octanol–water partition coefficient (Wildman–Crippen LogP) is 16.4. The smallest absolute Gasteiger partial charge is 0.355 e. The van der Waals surface area contributed by atoms with Gasteiger partial charge in [-0.2, -0.15) is 15.0 Å². The average Bonchev–Trinajstić information content (AvgIpc) is 1.09. The molecule has 3 aliphatic rings. The number of carbonyl (C=O) groups excluding carboxylic acids is 3. The van der Waals surface area contributed by atoms with Gasteiger partial charge in [0.15, 0.2) is 22.6 Å². The molecule has 3 amide bonds. The van der Waals surface area contributed by atoms with Gasteiger partial charge in [-0.05, 0) is 139 Å². The number of pyridine rings is 4. The van der Waals surface area contributed by atoms with Crippen molar-refractivity contribution < 1.29 is 41.4 Å². The number of hydrogen-bond donors (Lipinski definition) is 3. The largest absolute Gasteiger partial charge is 0.507 e. The summed E-state index contributed by atoms with van der Waals surface area (Å²) in [6, 6.07) is 18.2. The van der Waals surface area contributed by atoms with Gasteiger partial charge in [-0.1, -0.05) is 114 Å². The Kier molecular flexibility index (Phi) is 26.3. The molecule has 39 heteroatoms. The van der Waals surface area contributed by atoms with Crippen molar-refractivity contribution in [3.8, 4) is 56.6 Å². The fourth-order valence-corrected chi connectivity index (χ4v) is 19.8. The first-order valence-electron chi connectivity index (χ1n) is 44.7. The van der Waals surface area contributed by atoms with Crippen molar-refractivity contribution in [2.45, 2.75) is 144 Å². The number of nitrogens with zero attached hydrogens (tertiary/aromatic N) is 22. The van der Waals surface area contributed by atoms with Crippen LogP contribution in [0.3, 0.4) is 0 Å². The Morgan fingerprint density at radius 3 is 1.06 bits per heavy atom. The first-order valence-corrected chi connectivity index (χ1v) is 45.8. The van der Waals surface area contributed by atoms with Gasteiger partial charge in [0.1, 0.15) is 57.8 Å². The van der Waals surface area contributed by atoms with E-state index in [1.54, 1.807) is 82.0 Å². The van der Waals surface area contributed by atoms with E-state index in [0.717, 1.165) is 14.7 Å². The van der Waals surface area contributed by atoms with E-state index in [0.29, 0.717) is 117 Å². The molecule has 138 heavy (non-hydrogen) atoms. The van der Waals surface area contributed by atoms with Crippen molar-refractivity contribution in [3.63, 3.8) is 0 Å². The van der Waals surface area contributed by atoms with Crippen LogP contribution in [-0.4, -0.2) is 190 Å². The molecule has 15 aromatic rings. The molecule has 0 radical (unpaired) electrons. The highest BCUT2D eigenvalue weighted by molar-refractivity contribution is 6.35. The number of aromatic nitrogens is 16. The Morgan fingerprint density at radius 2 is 0.725 bits per heavy atom.